The van der Waals surface area contributed by atoms with Crippen molar-refractivity contribution in [1.29, 1.82) is 0 Å². The highest BCUT2D eigenvalue weighted by Crippen LogP contribution is 2.26. The molecule has 2 nitrogen and oxygen atoms in total. The molecule has 0 aliphatic heterocycles. The summed E-state index contributed by atoms with van der Waals surface area (Å²) in [5, 5.41) is 0. The Morgan fingerprint density at radius 3 is 2.60 bits per heavy atom. The number of methoxy groups -OCH3 is 1. The van der Waals surface area contributed by atoms with Gasteiger partial charge < -0.3 is 4.74 Å². The van der Waals surface area contributed by atoms with Crippen LogP contribution in [0, 0.1) is 11.6 Å². The Balaban J connectivity index is 2.24. The van der Waals surface area contributed by atoms with Crippen molar-refractivity contribution in [2.75, 3.05) is 7.11 Å². The zero-order chi connectivity index (χ0) is 14.7. The molecule has 0 aromatic heterocycles. The van der Waals surface area contributed by atoms with Gasteiger partial charge in [-0.2, -0.15) is 0 Å². The molecular formula is C15H11BrF2O2. The minimum absolute atomic E-state index is 0.0435. The Kier molecular flexibility index (Phi) is 4.49. The van der Waals surface area contributed by atoms with Crippen molar-refractivity contribution in [3.63, 3.8) is 0 Å². The van der Waals surface area contributed by atoms with Crippen LogP contribution < -0.4 is 4.74 Å². The van der Waals surface area contributed by atoms with Gasteiger partial charge in [-0.1, -0.05) is 0 Å². The highest BCUT2D eigenvalue weighted by Gasteiger charge is 2.13. The van der Waals surface area contributed by atoms with E-state index in [4.69, 9.17) is 4.74 Å². The molecule has 2 aromatic rings. The molecule has 20 heavy (non-hydrogen) atoms. The second-order valence-corrected chi connectivity index (χ2v) is 5.04. The molecule has 0 aliphatic carbocycles. The van der Waals surface area contributed by atoms with Gasteiger partial charge in [0.2, 0.25) is 0 Å². The van der Waals surface area contributed by atoms with Crippen molar-refractivity contribution < 1.29 is 18.3 Å². The highest BCUT2D eigenvalue weighted by molar-refractivity contribution is 9.10. The number of halogens is 3. The van der Waals surface area contributed by atoms with Crippen LogP contribution in [-0.4, -0.2) is 12.9 Å². The van der Waals surface area contributed by atoms with Gasteiger partial charge in [-0.25, -0.2) is 8.78 Å². The summed E-state index contributed by atoms with van der Waals surface area (Å²) in [6.45, 7) is 0. The van der Waals surface area contributed by atoms with Crippen molar-refractivity contribution in [3.8, 4) is 5.75 Å². The fourth-order valence-corrected chi connectivity index (χ4v) is 2.33. The normalized spacial score (nSPS) is 10.4. The van der Waals surface area contributed by atoms with Gasteiger partial charge in [-0.15, -0.1) is 0 Å². The Morgan fingerprint density at radius 2 is 1.95 bits per heavy atom. The van der Waals surface area contributed by atoms with Crippen molar-refractivity contribution in [2.45, 2.75) is 6.42 Å². The maximum absolute atomic E-state index is 13.5. The van der Waals surface area contributed by atoms with Gasteiger partial charge in [-0.05, 0) is 57.9 Å². The van der Waals surface area contributed by atoms with E-state index in [9.17, 15) is 13.6 Å². The second kappa shape index (κ2) is 6.13. The molecule has 0 atom stereocenters. The molecule has 0 radical (unpaired) electrons. The van der Waals surface area contributed by atoms with E-state index in [1.807, 2.05) is 0 Å². The minimum atomic E-state index is -0.590. The minimum Gasteiger partial charge on any atom is -0.496 e. The van der Waals surface area contributed by atoms with E-state index in [0.29, 0.717) is 15.8 Å². The lowest BCUT2D eigenvalue weighted by atomic mass is 10.0. The predicted molar refractivity (Wildman–Crippen MR) is 75.1 cm³/mol. The van der Waals surface area contributed by atoms with Gasteiger partial charge >= 0.3 is 0 Å². The third-order valence-corrected chi connectivity index (χ3v) is 3.45. The van der Waals surface area contributed by atoms with Crippen LogP contribution in [0.15, 0.2) is 40.9 Å². The quantitative estimate of drug-likeness (QED) is 0.781. The summed E-state index contributed by atoms with van der Waals surface area (Å²) in [7, 11) is 1.52. The number of Topliss-reactive ketones (excluding diaryl/α,β-unsaturated/α-hetero) is 1. The summed E-state index contributed by atoms with van der Waals surface area (Å²) < 4.78 is 32.3. The van der Waals surface area contributed by atoms with Crippen LogP contribution in [0.4, 0.5) is 8.78 Å². The van der Waals surface area contributed by atoms with E-state index in [2.05, 4.69) is 15.9 Å². The lowest BCUT2D eigenvalue weighted by Gasteiger charge is -2.06. The summed E-state index contributed by atoms with van der Waals surface area (Å²) in [4.78, 5) is 12.1. The largest absolute Gasteiger partial charge is 0.496 e. The van der Waals surface area contributed by atoms with Gasteiger partial charge in [-0.3, -0.25) is 4.79 Å². The molecule has 0 saturated carbocycles. The third kappa shape index (κ3) is 3.22. The third-order valence-electron chi connectivity index (χ3n) is 2.83. The number of carbonyl (C=O) groups is 1. The summed E-state index contributed by atoms with van der Waals surface area (Å²) in [5.41, 5.74) is 0.447. The molecule has 2 rings (SSSR count). The van der Waals surface area contributed by atoms with E-state index < -0.39 is 11.6 Å². The monoisotopic (exact) mass is 340 g/mol. The van der Waals surface area contributed by atoms with E-state index >= 15 is 0 Å². The number of hydrogen-bond acceptors (Lipinski definition) is 2. The Bertz CT molecular complexity index is 656. The Morgan fingerprint density at radius 1 is 1.20 bits per heavy atom. The van der Waals surface area contributed by atoms with Crippen molar-refractivity contribution in [3.05, 3.63) is 63.6 Å². The first kappa shape index (κ1) is 14.7. The molecular weight excluding hydrogens is 330 g/mol. The molecule has 0 bridgehead atoms. The topological polar surface area (TPSA) is 26.3 Å². The highest BCUT2D eigenvalue weighted by atomic mass is 79.9. The molecule has 5 heteroatoms. The van der Waals surface area contributed by atoms with Crippen LogP contribution >= 0.6 is 15.9 Å². The first-order valence-electron chi connectivity index (χ1n) is 5.82. The van der Waals surface area contributed by atoms with E-state index in [-0.39, 0.29) is 17.8 Å². The molecule has 0 saturated heterocycles. The summed E-state index contributed by atoms with van der Waals surface area (Å²) >= 11 is 3.28. The van der Waals surface area contributed by atoms with E-state index in [1.165, 1.54) is 7.11 Å². The van der Waals surface area contributed by atoms with Crippen LogP contribution in [0.5, 0.6) is 5.75 Å². The fraction of sp³-hybridized carbons (Fsp3) is 0.133. The SMILES string of the molecule is COc1ccc(C(=O)Cc2cc(F)ccc2F)cc1Br. The molecule has 2 aromatic carbocycles. The van der Waals surface area contributed by atoms with Gasteiger partial charge in [0.15, 0.2) is 5.78 Å². The number of rotatable bonds is 4. The van der Waals surface area contributed by atoms with Gasteiger partial charge in [0.05, 0.1) is 11.6 Å². The number of carbonyl (C=O) groups excluding carboxylic acids is 1. The predicted octanol–water partition coefficient (Wildman–Crippen LogP) is 4.16. The van der Waals surface area contributed by atoms with Crippen LogP contribution in [0.1, 0.15) is 15.9 Å². The molecule has 0 unspecified atom stereocenters. The fourth-order valence-electron chi connectivity index (χ4n) is 1.79. The lowest BCUT2D eigenvalue weighted by molar-refractivity contribution is 0.0991. The molecule has 0 amide bonds. The number of benzene rings is 2. The number of ketones is 1. The zero-order valence-electron chi connectivity index (χ0n) is 10.6. The molecule has 0 spiro atoms. The first-order chi connectivity index (χ1) is 9.51. The Labute approximate surface area is 123 Å². The first-order valence-corrected chi connectivity index (χ1v) is 6.61. The smallest absolute Gasteiger partial charge is 0.167 e. The summed E-state index contributed by atoms with van der Waals surface area (Å²) in [6, 6.07) is 7.89. The van der Waals surface area contributed by atoms with E-state index in [1.54, 1.807) is 18.2 Å². The van der Waals surface area contributed by atoms with Gasteiger partial charge in [0.25, 0.3) is 0 Å². The van der Waals surface area contributed by atoms with Crippen LogP contribution in [0.25, 0.3) is 0 Å². The lowest BCUT2D eigenvalue weighted by Crippen LogP contribution is -2.06. The molecule has 0 fully saturated rings. The number of hydrogen-bond donors (Lipinski definition) is 0. The molecule has 0 heterocycles. The average Bonchev–Trinajstić information content (AvgIpc) is 2.42. The van der Waals surface area contributed by atoms with E-state index in [0.717, 1.165) is 18.2 Å². The maximum atomic E-state index is 13.5. The second-order valence-electron chi connectivity index (χ2n) is 4.19. The van der Waals surface area contributed by atoms with Crippen LogP contribution in [-0.2, 0) is 6.42 Å². The molecule has 0 N–H and O–H groups in total. The Hall–Kier alpha value is -1.75. The summed E-state index contributed by atoms with van der Waals surface area (Å²) in [6.07, 6.45) is -0.192. The van der Waals surface area contributed by atoms with Crippen LogP contribution in [0.3, 0.4) is 0 Å². The maximum Gasteiger partial charge on any atom is 0.167 e. The summed E-state index contributed by atoms with van der Waals surface area (Å²) in [5.74, 6) is -0.853. The molecule has 0 aliphatic rings. The van der Waals surface area contributed by atoms with Crippen molar-refractivity contribution >= 4 is 21.7 Å². The van der Waals surface area contributed by atoms with Crippen molar-refractivity contribution in [1.82, 2.24) is 0 Å². The van der Waals surface area contributed by atoms with Gasteiger partial charge in [0.1, 0.15) is 17.4 Å². The van der Waals surface area contributed by atoms with Gasteiger partial charge in [0, 0.05) is 12.0 Å². The standard InChI is InChI=1S/C15H11BrF2O2/c1-20-15-5-2-9(7-12(15)16)14(19)8-10-6-11(17)3-4-13(10)18/h2-7H,8H2,1H3. The average molecular weight is 341 g/mol. The molecule has 104 valence electrons. The van der Waals surface area contributed by atoms with Crippen molar-refractivity contribution in [2.24, 2.45) is 0 Å². The van der Waals surface area contributed by atoms with Crippen LogP contribution in [0.2, 0.25) is 0 Å². The zero-order valence-corrected chi connectivity index (χ0v) is 12.2. The number of ether oxygens (including phenoxy) is 1.